The topological polar surface area (TPSA) is 67.0 Å². The Morgan fingerprint density at radius 3 is 2.83 bits per heavy atom. The van der Waals surface area contributed by atoms with Crippen LogP contribution in [0.4, 0.5) is 5.69 Å². The highest BCUT2D eigenvalue weighted by molar-refractivity contribution is 6.31. The molecular formula is C24H22ClN3O2. The molecule has 0 aliphatic heterocycles. The van der Waals surface area contributed by atoms with Crippen LogP contribution in [0.1, 0.15) is 18.4 Å². The lowest BCUT2D eigenvalue weighted by Crippen LogP contribution is -2.11. The van der Waals surface area contributed by atoms with E-state index in [1.54, 1.807) is 19.4 Å². The maximum Gasteiger partial charge on any atom is 0.224 e. The summed E-state index contributed by atoms with van der Waals surface area (Å²) in [5.74, 6) is 0.684. The van der Waals surface area contributed by atoms with Crippen LogP contribution in [0, 0.1) is 0 Å². The summed E-state index contributed by atoms with van der Waals surface area (Å²) in [5, 5.41) is 4.68. The third-order valence-corrected chi connectivity index (χ3v) is 5.21. The van der Waals surface area contributed by atoms with Crippen molar-refractivity contribution in [2.24, 2.45) is 0 Å². The molecule has 0 bridgehead atoms. The van der Waals surface area contributed by atoms with Gasteiger partial charge in [-0.05, 0) is 60.9 Å². The first-order chi connectivity index (χ1) is 14.6. The van der Waals surface area contributed by atoms with Gasteiger partial charge in [0.2, 0.25) is 5.91 Å². The first-order valence-corrected chi connectivity index (χ1v) is 10.2. The molecule has 0 fully saturated rings. The minimum atomic E-state index is -0.0273. The quantitative estimate of drug-likeness (QED) is 0.394. The Balaban J connectivity index is 1.50. The third-order valence-electron chi connectivity index (χ3n) is 4.97. The summed E-state index contributed by atoms with van der Waals surface area (Å²) in [6, 6.07) is 19.0. The first-order valence-electron chi connectivity index (χ1n) is 9.79. The molecule has 6 heteroatoms. The van der Waals surface area contributed by atoms with E-state index in [1.807, 2.05) is 54.6 Å². The van der Waals surface area contributed by atoms with Gasteiger partial charge in [0.15, 0.2) is 0 Å². The molecule has 2 N–H and O–H groups in total. The smallest absolute Gasteiger partial charge is 0.224 e. The summed E-state index contributed by atoms with van der Waals surface area (Å²) in [6.45, 7) is 0. The van der Waals surface area contributed by atoms with Crippen molar-refractivity contribution in [1.29, 1.82) is 0 Å². The number of halogens is 1. The van der Waals surface area contributed by atoms with Crippen LogP contribution in [0.15, 0.2) is 66.9 Å². The maximum absolute atomic E-state index is 12.4. The van der Waals surface area contributed by atoms with E-state index < -0.39 is 0 Å². The second-order valence-electron chi connectivity index (χ2n) is 7.02. The summed E-state index contributed by atoms with van der Waals surface area (Å²) in [4.78, 5) is 20.4. The number of benzene rings is 2. The van der Waals surface area contributed by atoms with Crippen LogP contribution in [0.25, 0.3) is 22.3 Å². The van der Waals surface area contributed by atoms with Crippen LogP contribution < -0.4 is 10.1 Å². The Bertz CT molecular complexity index is 1170. The molecule has 2 heterocycles. The predicted octanol–water partition coefficient (Wildman–Crippen LogP) is 5.85. The lowest BCUT2D eigenvalue weighted by atomic mass is 10.0. The van der Waals surface area contributed by atoms with E-state index in [0.717, 1.165) is 40.0 Å². The Kier molecular flexibility index (Phi) is 6.00. The van der Waals surface area contributed by atoms with Gasteiger partial charge in [0.1, 0.15) is 5.75 Å². The lowest BCUT2D eigenvalue weighted by molar-refractivity contribution is -0.116. The van der Waals surface area contributed by atoms with E-state index in [0.29, 0.717) is 23.6 Å². The average molecular weight is 420 g/mol. The van der Waals surface area contributed by atoms with E-state index in [2.05, 4.69) is 15.3 Å². The molecule has 0 atom stereocenters. The SMILES string of the molecule is COc1cccc(NC(=O)CCCc2c(-c3ccccn3)[nH]c3ccc(Cl)cc23)c1. The summed E-state index contributed by atoms with van der Waals surface area (Å²) in [5.41, 5.74) is 4.71. The number of methoxy groups -OCH3 is 1. The number of carbonyl (C=O) groups is 1. The minimum Gasteiger partial charge on any atom is -0.497 e. The number of pyridine rings is 1. The van der Waals surface area contributed by atoms with Gasteiger partial charge < -0.3 is 15.0 Å². The number of nitrogens with one attached hydrogen (secondary N) is 2. The third kappa shape index (κ3) is 4.47. The lowest BCUT2D eigenvalue weighted by Gasteiger charge is -2.08. The van der Waals surface area contributed by atoms with E-state index in [-0.39, 0.29) is 5.91 Å². The van der Waals surface area contributed by atoms with E-state index >= 15 is 0 Å². The zero-order valence-corrected chi connectivity index (χ0v) is 17.4. The number of ether oxygens (including phenoxy) is 1. The molecule has 4 rings (SSSR count). The minimum absolute atomic E-state index is 0.0273. The zero-order valence-electron chi connectivity index (χ0n) is 16.6. The standard InChI is InChI=1S/C24H22ClN3O2/c1-30-18-7-4-6-17(15-18)27-23(29)10-5-8-19-20-14-16(25)11-12-21(20)28-24(19)22-9-2-3-13-26-22/h2-4,6-7,9,11-15,28H,5,8,10H2,1H3,(H,27,29). The Morgan fingerprint density at radius 1 is 1.13 bits per heavy atom. The molecule has 0 saturated heterocycles. The molecule has 0 aliphatic rings. The number of carbonyl (C=O) groups excluding carboxylic acids is 1. The number of aromatic nitrogens is 2. The molecule has 4 aromatic rings. The van der Waals surface area contributed by atoms with Gasteiger partial charge in [0, 0.05) is 40.3 Å². The molecule has 0 saturated carbocycles. The highest BCUT2D eigenvalue weighted by Crippen LogP contribution is 2.32. The number of anilines is 1. The zero-order chi connectivity index (χ0) is 20.9. The van der Waals surface area contributed by atoms with Gasteiger partial charge in [-0.1, -0.05) is 23.7 Å². The van der Waals surface area contributed by atoms with Crippen molar-refractivity contribution in [2.45, 2.75) is 19.3 Å². The van der Waals surface area contributed by atoms with Crippen molar-refractivity contribution in [3.05, 3.63) is 77.4 Å². The molecule has 2 aromatic heterocycles. The summed E-state index contributed by atoms with van der Waals surface area (Å²) >= 11 is 6.24. The monoisotopic (exact) mass is 419 g/mol. The number of H-pyrrole nitrogens is 1. The van der Waals surface area contributed by atoms with Crippen molar-refractivity contribution in [3.63, 3.8) is 0 Å². The molecule has 2 aromatic carbocycles. The molecule has 0 radical (unpaired) electrons. The molecule has 1 amide bonds. The highest BCUT2D eigenvalue weighted by atomic mass is 35.5. The number of hydrogen-bond donors (Lipinski definition) is 2. The normalized spacial score (nSPS) is 10.9. The largest absolute Gasteiger partial charge is 0.497 e. The van der Waals surface area contributed by atoms with Crippen molar-refractivity contribution in [3.8, 4) is 17.1 Å². The molecule has 5 nitrogen and oxygen atoms in total. The first kappa shape index (κ1) is 20.0. The predicted molar refractivity (Wildman–Crippen MR) is 121 cm³/mol. The Morgan fingerprint density at radius 2 is 2.03 bits per heavy atom. The summed E-state index contributed by atoms with van der Waals surface area (Å²) in [6.07, 6.45) is 3.62. The van der Waals surface area contributed by atoms with Crippen molar-refractivity contribution < 1.29 is 9.53 Å². The summed E-state index contributed by atoms with van der Waals surface area (Å²) in [7, 11) is 1.60. The van der Waals surface area contributed by atoms with Gasteiger partial charge in [0.05, 0.1) is 18.5 Å². The maximum atomic E-state index is 12.4. The van der Waals surface area contributed by atoms with Gasteiger partial charge in [-0.3, -0.25) is 9.78 Å². The fraction of sp³-hybridized carbons (Fsp3) is 0.167. The van der Waals surface area contributed by atoms with Crippen LogP contribution >= 0.6 is 11.6 Å². The molecule has 152 valence electrons. The average Bonchev–Trinajstić information content (AvgIpc) is 3.12. The highest BCUT2D eigenvalue weighted by Gasteiger charge is 2.15. The second kappa shape index (κ2) is 9.01. The number of rotatable bonds is 7. The Labute approximate surface area is 180 Å². The number of fused-ring (bicyclic) bond motifs is 1. The van der Waals surface area contributed by atoms with Gasteiger partial charge >= 0.3 is 0 Å². The van der Waals surface area contributed by atoms with Crippen LogP contribution in [0.2, 0.25) is 5.02 Å². The van der Waals surface area contributed by atoms with Crippen LogP contribution in [-0.2, 0) is 11.2 Å². The number of amides is 1. The Hall–Kier alpha value is -3.31. The van der Waals surface area contributed by atoms with Gasteiger partial charge in [-0.15, -0.1) is 0 Å². The number of nitrogens with zero attached hydrogens (tertiary/aromatic N) is 1. The van der Waals surface area contributed by atoms with Gasteiger partial charge in [0.25, 0.3) is 0 Å². The van der Waals surface area contributed by atoms with Crippen LogP contribution in [0.5, 0.6) is 5.75 Å². The number of aromatic amines is 1. The molecule has 0 aliphatic carbocycles. The van der Waals surface area contributed by atoms with E-state index in [1.165, 1.54) is 0 Å². The van der Waals surface area contributed by atoms with E-state index in [9.17, 15) is 4.79 Å². The fourth-order valence-electron chi connectivity index (χ4n) is 3.56. The van der Waals surface area contributed by atoms with Gasteiger partial charge in [-0.2, -0.15) is 0 Å². The molecule has 30 heavy (non-hydrogen) atoms. The molecule has 0 unspecified atom stereocenters. The summed E-state index contributed by atoms with van der Waals surface area (Å²) < 4.78 is 5.20. The van der Waals surface area contributed by atoms with Crippen molar-refractivity contribution >= 4 is 34.1 Å². The number of aryl methyl sites for hydroxylation is 1. The fourth-order valence-corrected chi connectivity index (χ4v) is 3.73. The molecule has 0 spiro atoms. The van der Waals surface area contributed by atoms with Crippen molar-refractivity contribution in [2.75, 3.05) is 12.4 Å². The van der Waals surface area contributed by atoms with Crippen LogP contribution in [-0.4, -0.2) is 23.0 Å². The number of hydrogen-bond acceptors (Lipinski definition) is 3. The molecular weight excluding hydrogens is 398 g/mol. The van der Waals surface area contributed by atoms with Gasteiger partial charge in [-0.25, -0.2) is 0 Å². The van der Waals surface area contributed by atoms with Crippen molar-refractivity contribution in [1.82, 2.24) is 9.97 Å². The van der Waals surface area contributed by atoms with E-state index in [4.69, 9.17) is 16.3 Å². The van der Waals surface area contributed by atoms with Crippen LogP contribution in [0.3, 0.4) is 0 Å². The second-order valence-corrected chi connectivity index (χ2v) is 7.45.